The molecule has 3 heterocycles. The fourth-order valence-corrected chi connectivity index (χ4v) is 2.23. The fraction of sp³-hybridized carbons (Fsp3) is 0.167. The second kappa shape index (κ2) is 5.25. The van der Waals surface area contributed by atoms with Crippen molar-refractivity contribution in [2.24, 2.45) is 0 Å². The molecule has 1 amide bonds. The average molecular weight is 289 g/mol. The molecule has 102 valence electrons. The highest BCUT2D eigenvalue weighted by atomic mass is 32.1. The molecule has 7 nitrogen and oxygen atoms in total. The van der Waals surface area contributed by atoms with E-state index in [1.54, 1.807) is 16.9 Å². The third-order valence-electron chi connectivity index (χ3n) is 2.61. The van der Waals surface area contributed by atoms with Crippen molar-refractivity contribution in [3.05, 3.63) is 34.8 Å². The Morgan fingerprint density at radius 3 is 3.05 bits per heavy atom. The Labute approximate surface area is 118 Å². The van der Waals surface area contributed by atoms with Crippen LogP contribution in [0.5, 0.6) is 0 Å². The van der Waals surface area contributed by atoms with E-state index in [0.717, 1.165) is 5.56 Å². The van der Waals surface area contributed by atoms with Crippen LogP contribution in [0, 0.1) is 0 Å². The highest BCUT2D eigenvalue weighted by Gasteiger charge is 2.14. The standard InChI is InChI=1S/C12H11N5O2S/c1-2-17-5-3-9(16-17)10(18)13-12-15-14-11(19-12)8-4-6-20-7-8/h3-7H,2H2,1H3,(H,13,15,18). The molecule has 3 rings (SSSR count). The van der Waals surface area contributed by atoms with Gasteiger partial charge in [-0.25, -0.2) is 0 Å². The number of hydrogen-bond acceptors (Lipinski definition) is 6. The Bertz CT molecular complexity index is 716. The van der Waals surface area contributed by atoms with E-state index >= 15 is 0 Å². The molecule has 3 aromatic rings. The van der Waals surface area contributed by atoms with Crippen LogP contribution in [0.15, 0.2) is 33.5 Å². The summed E-state index contributed by atoms with van der Waals surface area (Å²) in [5.41, 5.74) is 1.14. The maximum absolute atomic E-state index is 11.9. The molecule has 1 N–H and O–H groups in total. The zero-order valence-corrected chi connectivity index (χ0v) is 11.4. The highest BCUT2D eigenvalue weighted by molar-refractivity contribution is 7.08. The molecule has 0 fully saturated rings. The molecule has 0 spiro atoms. The highest BCUT2D eigenvalue weighted by Crippen LogP contribution is 2.22. The zero-order chi connectivity index (χ0) is 13.9. The molecule has 0 radical (unpaired) electrons. The predicted molar refractivity (Wildman–Crippen MR) is 73.5 cm³/mol. The summed E-state index contributed by atoms with van der Waals surface area (Å²) in [6, 6.07) is 3.56. The molecular formula is C12H11N5O2S. The van der Waals surface area contributed by atoms with E-state index in [-0.39, 0.29) is 11.9 Å². The molecule has 0 aliphatic heterocycles. The molecule has 0 unspecified atom stereocenters. The number of amides is 1. The van der Waals surface area contributed by atoms with Gasteiger partial charge in [0, 0.05) is 23.7 Å². The van der Waals surface area contributed by atoms with Gasteiger partial charge in [-0.05, 0) is 24.4 Å². The quantitative estimate of drug-likeness (QED) is 0.796. The minimum absolute atomic E-state index is 0.0576. The Morgan fingerprint density at radius 1 is 1.45 bits per heavy atom. The first-order valence-electron chi connectivity index (χ1n) is 5.97. The molecule has 0 aromatic carbocycles. The van der Waals surface area contributed by atoms with Crippen LogP contribution >= 0.6 is 11.3 Å². The Kier molecular flexibility index (Phi) is 3.30. The van der Waals surface area contributed by atoms with Gasteiger partial charge in [0.2, 0.25) is 0 Å². The second-order valence-electron chi connectivity index (χ2n) is 3.94. The van der Waals surface area contributed by atoms with E-state index in [1.807, 2.05) is 23.8 Å². The summed E-state index contributed by atoms with van der Waals surface area (Å²) in [4.78, 5) is 11.9. The minimum atomic E-state index is -0.377. The number of nitrogens with zero attached hydrogens (tertiary/aromatic N) is 4. The van der Waals surface area contributed by atoms with Crippen LogP contribution in [0.4, 0.5) is 6.01 Å². The number of thiophene rings is 1. The van der Waals surface area contributed by atoms with Crippen molar-refractivity contribution in [2.45, 2.75) is 13.5 Å². The molecule has 0 bridgehead atoms. The molecular weight excluding hydrogens is 278 g/mol. The fourth-order valence-electron chi connectivity index (χ4n) is 1.60. The van der Waals surface area contributed by atoms with E-state index in [2.05, 4.69) is 20.6 Å². The molecule has 0 saturated heterocycles. The van der Waals surface area contributed by atoms with E-state index in [1.165, 1.54) is 11.3 Å². The van der Waals surface area contributed by atoms with Gasteiger partial charge in [-0.3, -0.25) is 14.8 Å². The van der Waals surface area contributed by atoms with E-state index in [4.69, 9.17) is 4.42 Å². The third-order valence-corrected chi connectivity index (χ3v) is 3.29. The van der Waals surface area contributed by atoms with E-state index in [9.17, 15) is 4.79 Å². The molecule has 3 aromatic heterocycles. The van der Waals surface area contributed by atoms with E-state index < -0.39 is 0 Å². The van der Waals surface area contributed by atoms with E-state index in [0.29, 0.717) is 18.1 Å². The van der Waals surface area contributed by atoms with Gasteiger partial charge in [-0.2, -0.15) is 16.4 Å². The number of nitrogens with one attached hydrogen (secondary N) is 1. The number of anilines is 1. The first kappa shape index (κ1) is 12.5. The number of hydrogen-bond donors (Lipinski definition) is 1. The summed E-state index contributed by atoms with van der Waals surface area (Å²) in [7, 11) is 0. The predicted octanol–water partition coefficient (Wildman–Crippen LogP) is 2.27. The van der Waals surface area contributed by atoms with Crippen LogP contribution in [0.3, 0.4) is 0 Å². The monoisotopic (exact) mass is 289 g/mol. The van der Waals surface area contributed by atoms with Crippen LogP contribution in [-0.2, 0) is 6.54 Å². The van der Waals surface area contributed by atoms with Gasteiger partial charge in [0.25, 0.3) is 11.8 Å². The largest absolute Gasteiger partial charge is 0.403 e. The summed E-state index contributed by atoms with van der Waals surface area (Å²) in [5.74, 6) is -0.00152. The van der Waals surface area contributed by atoms with Gasteiger partial charge in [0.15, 0.2) is 5.69 Å². The number of carbonyl (C=O) groups excluding carboxylic acids is 1. The lowest BCUT2D eigenvalue weighted by molar-refractivity contribution is 0.101. The Balaban J connectivity index is 1.73. The van der Waals surface area contributed by atoms with Crippen LogP contribution in [0.2, 0.25) is 0 Å². The lowest BCUT2D eigenvalue weighted by Gasteiger charge is -1.96. The van der Waals surface area contributed by atoms with Gasteiger partial charge < -0.3 is 4.42 Å². The van der Waals surface area contributed by atoms with Gasteiger partial charge >= 0.3 is 6.01 Å². The lowest BCUT2D eigenvalue weighted by Crippen LogP contribution is -2.13. The third kappa shape index (κ3) is 2.45. The second-order valence-corrected chi connectivity index (χ2v) is 4.72. The summed E-state index contributed by atoms with van der Waals surface area (Å²) < 4.78 is 7.04. The normalized spacial score (nSPS) is 10.7. The first-order valence-corrected chi connectivity index (χ1v) is 6.91. The number of aromatic nitrogens is 4. The van der Waals surface area contributed by atoms with Gasteiger partial charge in [0.05, 0.1) is 0 Å². The van der Waals surface area contributed by atoms with Crippen molar-refractivity contribution in [3.8, 4) is 11.5 Å². The van der Waals surface area contributed by atoms with Crippen molar-refractivity contribution >= 4 is 23.3 Å². The van der Waals surface area contributed by atoms with Gasteiger partial charge in [0.1, 0.15) is 0 Å². The molecule has 0 aliphatic rings. The maximum Gasteiger partial charge on any atom is 0.322 e. The van der Waals surface area contributed by atoms with Crippen molar-refractivity contribution in [3.63, 3.8) is 0 Å². The van der Waals surface area contributed by atoms with Crippen molar-refractivity contribution < 1.29 is 9.21 Å². The summed E-state index contributed by atoms with van der Waals surface area (Å²) in [6.07, 6.45) is 1.74. The van der Waals surface area contributed by atoms with Crippen LogP contribution in [0.1, 0.15) is 17.4 Å². The SMILES string of the molecule is CCn1ccc(C(=O)Nc2nnc(-c3ccsc3)o2)n1. The Hall–Kier alpha value is -2.48. The minimum Gasteiger partial charge on any atom is -0.403 e. The van der Waals surface area contributed by atoms with Crippen LogP contribution in [0.25, 0.3) is 11.5 Å². The molecule has 0 atom stereocenters. The Morgan fingerprint density at radius 2 is 2.35 bits per heavy atom. The number of carbonyl (C=O) groups is 1. The molecule has 0 saturated carbocycles. The lowest BCUT2D eigenvalue weighted by atomic mass is 10.3. The molecule has 20 heavy (non-hydrogen) atoms. The zero-order valence-electron chi connectivity index (χ0n) is 10.6. The van der Waals surface area contributed by atoms with Gasteiger partial charge in [-0.1, -0.05) is 5.10 Å². The van der Waals surface area contributed by atoms with Crippen molar-refractivity contribution in [1.82, 2.24) is 20.0 Å². The van der Waals surface area contributed by atoms with Gasteiger partial charge in [-0.15, -0.1) is 5.10 Å². The van der Waals surface area contributed by atoms with Crippen LogP contribution < -0.4 is 5.32 Å². The summed E-state index contributed by atoms with van der Waals surface area (Å²) in [6.45, 7) is 2.65. The summed E-state index contributed by atoms with van der Waals surface area (Å²) >= 11 is 1.53. The summed E-state index contributed by atoms with van der Waals surface area (Å²) in [5, 5.41) is 18.1. The first-order chi connectivity index (χ1) is 9.76. The number of rotatable bonds is 4. The topological polar surface area (TPSA) is 85.8 Å². The molecule has 8 heteroatoms. The average Bonchev–Trinajstić information content (AvgIpc) is 3.19. The smallest absolute Gasteiger partial charge is 0.322 e. The van der Waals surface area contributed by atoms with Crippen LogP contribution in [-0.4, -0.2) is 25.9 Å². The number of aryl methyl sites for hydroxylation is 1. The maximum atomic E-state index is 11.9. The molecule has 0 aliphatic carbocycles. The van der Waals surface area contributed by atoms with Crippen molar-refractivity contribution in [2.75, 3.05) is 5.32 Å². The van der Waals surface area contributed by atoms with Crippen molar-refractivity contribution in [1.29, 1.82) is 0 Å².